The maximum Gasteiger partial charge on any atom is 0.263 e. The Labute approximate surface area is 117 Å². The van der Waals surface area contributed by atoms with Crippen LogP contribution in [0.4, 0.5) is 0 Å². The van der Waals surface area contributed by atoms with Crippen LogP contribution in [0.1, 0.15) is 39.3 Å². The lowest BCUT2D eigenvalue weighted by Crippen LogP contribution is -2.42. The van der Waals surface area contributed by atoms with E-state index in [0.717, 1.165) is 30.4 Å². The summed E-state index contributed by atoms with van der Waals surface area (Å²) >= 11 is 1.46. The molecule has 2 aliphatic heterocycles. The second kappa shape index (κ2) is 5.19. The molecule has 2 fully saturated rings. The molecule has 3 heterocycles. The number of nitrogens with one attached hydrogen (secondary N) is 1. The standard InChI is InChI=1S/C13H19N3O2S/c1-8-11(12(17)14-2)19-13(15-8)10-6-16-5-3-4-9(16)7-18-10/h9-10H,3-7H2,1-2H3,(H,14,17)/t9-,10+/m1/s1. The van der Waals surface area contributed by atoms with Crippen LogP contribution in [-0.4, -0.2) is 48.6 Å². The van der Waals surface area contributed by atoms with Crippen molar-refractivity contribution in [3.05, 3.63) is 15.6 Å². The Morgan fingerprint density at radius 2 is 2.42 bits per heavy atom. The van der Waals surface area contributed by atoms with E-state index in [4.69, 9.17) is 4.74 Å². The zero-order valence-electron chi connectivity index (χ0n) is 11.3. The van der Waals surface area contributed by atoms with Gasteiger partial charge in [0.1, 0.15) is 16.0 Å². The van der Waals surface area contributed by atoms with Crippen molar-refractivity contribution in [2.75, 3.05) is 26.7 Å². The van der Waals surface area contributed by atoms with E-state index in [2.05, 4.69) is 15.2 Å². The van der Waals surface area contributed by atoms with E-state index in [1.165, 1.54) is 24.2 Å². The number of amides is 1. The topological polar surface area (TPSA) is 54.5 Å². The van der Waals surface area contributed by atoms with Gasteiger partial charge in [-0.3, -0.25) is 9.69 Å². The number of aromatic nitrogens is 1. The SMILES string of the molecule is CNC(=O)c1sc([C@@H]2CN3CCC[C@@H]3CO2)nc1C. The monoisotopic (exact) mass is 281 g/mol. The van der Waals surface area contributed by atoms with Gasteiger partial charge < -0.3 is 10.1 Å². The Bertz CT molecular complexity index is 488. The molecule has 2 saturated heterocycles. The minimum absolute atomic E-state index is 0.0245. The molecule has 6 heteroatoms. The fourth-order valence-electron chi connectivity index (χ4n) is 2.85. The fraction of sp³-hybridized carbons (Fsp3) is 0.692. The van der Waals surface area contributed by atoms with Crippen molar-refractivity contribution in [1.82, 2.24) is 15.2 Å². The van der Waals surface area contributed by atoms with Crippen molar-refractivity contribution in [2.45, 2.75) is 31.9 Å². The van der Waals surface area contributed by atoms with Crippen molar-refractivity contribution in [3.8, 4) is 0 Å². The molecule has 0 unspecified atom stereocenters. The molecule has 0 radical (unpaired) electrons. The summed E-state index contributed by atoms with van der Waals surface area (Å²) in [5.74, 6) is -0.0592. The van der Waals surface area contributed by atoms with Gasteiger partial charge in [-0.25, -0.2) is 4.98 Å². The number of thiazole rings is 1. The molecular formula is C13H19N3O2S. The van der Waals surface area contributed by atoms with E-state index in [1.807, 2.05) is 6.92 Å². The molecule has 1 aromatic rings. The minimum atomic E-state index is -0.0592. The number of carbonyl (C=O) groups excluding carboxylic acids is 1. The lowest BCUT2D eigenvalue weighted by Gasteiger charge is -2.34. The Hall–Kier alpha value is -0.980. The van der Waals surface area contributed by atoms with Crippen LogP contribution in [0.15, 0.2) is 0 Å². The van der Waals surface area contributed by atoms with Crippen molar-refractivity contribution < 1.29 is 9.53 Å². The molecular weight excluding hydrogens is 262 g/mol. The van der Waals surface area contributed by atoms with Crippen LogP contribution < -0.4 is 5.32 Å². The van der Waals surface area contributed by atoms with Crippen molar-refractivity contribution in [2.24, 2.45) is 0 Å². The molecule has 0 spiro atoms. The first-order valence-electron chi connectivity index (χ1n) is 6.74. The lowest BCUT2D eigenvalue weighted by atomic mass is 10.2. The molecule has 1 aromatic heterocycles. The molecule has 19 heavy (non-hydrogen) atoms. The number of hydrogen-bond donors (Lipinski definition) is 1. The molecule has 2 atom stereocenters. The van der Waals surface area contributed by atoms with Crippen LogP contribution in [0, 0.1) is 6.92 Å². The van der Waals surface area contributed by atoms with Crippen LogP contribution in [0.25, 0.3) is 0 Å². The first-order chi connectivity index (χ1) is 9.19. The Kier molecular flexibility index (Phi) is 3.56. The summed E-state index contributed by atoms with van der Waals surface area (Å²) in [5, 5.41) is 3.59. The van der Waals surface area contributed by atoms with Crippen LogP contribution in [-0.2, 0) is 4.74 Å². The van der Waals surface area contributed by atoms with E-state index in [9.17, 15) is 4.79 Å². The summed E-state index contributed by atoms with van der Waals surface area (Å²) < 4.78 is 5.93. The number of hydrogen-bond acceptors (Lipinski definition) is 5. The molecule has 0 aromatic carbocycles. The van der Waals surface area contributed by atoms with Crippen LogP contribution in [0.5, 0.6) is 0 Å². The lowest BCUT2D eigenvalue weighted by molar-refractivity contribution is -0.0502. The first kappa shape index (κ1) is 13.0. The summed E-state index contributed by atoms with van der Waals surface area (Å²) in [6.07, 6.45) is 2.53. The Morgan fingerprint density at radius 3 is 3.21 bits per heavy atom. The van der Waals surface area contributed by atoms with Gasteiger partial charge in [-0.1, -0.05) is 0 Å². The molecule has 1 amide bonds. The number of carbonyl (C=O) groups is 1. The number of rotatable bonds is 2. The second-order valence-corrected chi connectivity index (χ2v) is 6.19. The van der Waals surface area contributed by atoms with Crippen molar-refractivity contribution in [1.29, 1.82) is 0 Å². The van der Waals surface area contributed by atoms with Gasteiger partial charge in [0.2, 0.25) is 0 Å². The van der Waals surface area contributed by atoms with Crippen LogP contribution in [0.2, 0.25) is 0 Å². The summed E-state index contributed by atoms with van der Waals surface area (Å²) in [7, 11) is 1.65. The smallest absolute Gasteiger partial charge is 0.263 e. The minimum Gasteiger partial charge on any atom is -0.368 e. The zero-order chi connectivity index (χ0) is 13.4. The fourth-order valence-corrected chi connectivity index (χ4v) is 3.90. The van der Waals surface area contributed by atoms with Crippen LogP contribution in [0.3, 0.4) is 0 Å². The van der Waals surface area contributed by atoms with Gasteiger partial charge >= 0.3 is 0 Å². The average Bonchev–Trinajstić information content (AvgIpc) is 3.03. The maximum atomic E-state index is 11.7. The second-order valence-electron chi connectivity index (χ2n) is 5.16. The number of ether oxygens (including phenoxy) is 1. The number of nitrogens with zero attached hydrogens (tertiary/aromatic N) is 2. The predicted octanol–water partition coefficient (Wildman–Crippen LogP) is 1.35. The van der Waals surface area contributed by atoms with E-state index in [1.54, 1.807) is 7.05 Å². The van der Waals surface area contributed by atoms with Gasteiger partial charge in [-0.05, 0) is 26.3 Å². The van der Waals surface area contributed by atoms with Crippen molar-refractivity contribution >= 4 is 17.2 Å². The maximum absolute atomic E-state index is 11.7. The Balaban J connectivity index is 1.77. The van der Waals surface area contributed by atoms with E-state index >= 15 is 0 Å². The van der Waals surface area contributed by atoms with Crippen LogP contribution >= 0.6 is 11.3 Å². The zero-order valence-corrected chi connectivity index (χ0v) is 12.1. The quantitative estimate of drug-likeness (QED) is 0.889. The van der Waals surface area contributed by atoms with Gasteiger partial charge in [-0.2, -0.15) is 0 Å². The summed E-state index contributed by atoms with van der Waals surface area (Å²) in [5.41, 5.74) is 0.798. The molecule has 0 saturated carbocycles. The molecule has 0 bridgehead atoms. The highest BCUT2D eigenvalue weighted by molar-refractivity contribution is 7.13. The highest BCUT2D eigenvalue weighted by atomic mass is 32.1. The average molecular weight is 281 g/mol. The molecule has 0 aliphatic carbocycles. The summed E-state index contributed by atoms with van der Waals surface area (Å²) in [6.45, 7) is 4.74. The third kappa shape index (κ3) is 2.40. The highest BCUT2D eigenvalue weighted by Crippen LogP contribution is 2.33. The normalized spacial score (nSPS) is 27.3. The predicted molar refractivity (Wildman–Crippen MR) is 73.5 cm³/mol. The number of aryl methyl sites for hydroxylation is 1. The molecule has 104 valence electrons. The third-order valence-corrected chi connectivity index (χ3v) is 5.16. The van der Waals surface area contributed by atoms with Gasteiger partial charge in [-0.15, -0.1) is 11.3 Å². The number of morpholine rings is 1. The molecule has 1 N–H and O–H groups in total. The van der Waals surface area contributed by atoms with E-state index in [-0.39, 0.29) is 12.0 Å². The van der Waals surface area contributed by atoms with E-state index in [0.29, 0.717) is 10.9 Å². The van der Waals surface area contributed by atoms with Gasteiger partial charge in [0.05, 0.1) is 12.3 Å². The van der Waals surface area contributed by atoms with Crippen molar-refractivity contribution in [3.63, 3.8) is 0 Å². The summed E-state index contributed by atoms with van der Waals surface area (Å²) in [6, 6.07) is 0.593. The summed E-state index contributed by atoms with van der Waals surface area (Å²) in [4.78, 5) is 19.4. The molecule has 3 rings (SSSR count). The van der Waals surface area contributed by atoms with Gasteiger partial charge in [0.25, 0.3) is 5.91 Å². The van der Waals surface area contributed by atoms with Gasteiger partial charge in [0, 0.05) is 19.6 Å². The number of fused-ring (bicyclic) bond motifs is 1. The Morgan fingerprint density at radius 1 is 1.58 bits per heavy atom. The molecule has 2 aliphatic rings. The largest absolute Gasteiger partial charge is 0.368 e. The first-order valence-corrected chi connectivity index (χ1v) is 7.55. The highest BCUT2D eigenvalue weighted by Gasteiger charge is 2.34. The molecule has 5 nitrogen and oxygen atoms in total. The van der Waals surface area contributed by atoms with Gasteiger partial charge in [0.15, 0.2) is 0 Å². The third-order valence-electron chi connectivity index (χ3n) is 3.91. The van der Waals surface area contributed by atoms with E-state index < -0.39 is 0 Å².